The first-order chi connectivity index (χ1) is 11.0. The summed E-state index contributed by atoms with van der Waals surface area (Å²) in [5, 5.41) is 20.2. The summed E-state index contributed by atoms with van der Waals surface area (Å²) in [4.78, 5) is 18.0. The molecule has 23 heavy (non-hydrogen) atoms. The number of hydrogen-bond acceptors (Lipinski definition) is 6. The predicted octanol–water partition coefficient (Wildman–Crippen LogP) is 0.868. The molecule has 2 aliphatic heterocycles. The lowest BCUT2D eigenvalue weighted by atomic mass is 10.2. The summed E-state index contributed by atoms with van der Waals surface area (Å²) in [6.07, 6.45) is 0. The maximum Gasteiger partial charge on any atom is 0.321 e. The molecule has 3 atom stereocenters. The summed E-state index contributed by atoms with van der Waals surface area (Å²) in [6.45, 7) is 0.766. The van der Waals surface area contributed by atoms with Gasteiger partial charge >= 0.3 is 5.97 Å². The Labute approximate surface area is 147 Å². The molecule has 0 aliphatic carbocycles. The fourth-order valence-corrected chi connectivity index (χ4v) is 7.73. The zero-order valence-corrected chi connectivity index (χ0v) is 16.0. The molecular formula is C15H20N2O3S2Si. The van der Waals surface area contributed by atoms with Crippen molar-refractivity contribution in [2.75, 3.05) is 25.1 Å². The van der Waals surface area contributed by atoms with Crippen LogP contribution in [0.5, 0.6) is 5.75 Å². The number of benzene rings is 1. The third kappa shape index (κ3) is 3.30. The fraction of sp³-hybridized carbons (Fsp3) is 0.467. The largest absolute Gasteiger partial charge is 0.507 e. The van der Waals surface area contributed by atoms with Crippen LogP contribution >= 0.6 is 24.4 Å². The van der Waals surface area contributed by atoms with E-state index in [4.69, 9.17) is 4.99 Å². The molecular weight excluding hydrogens is 348 g/mol. The summed E-state index contributed by atoms with van der Waals surface area (Å²) >= 11 is 5.85. The summed E-state index contributed by atoms with van der Waals surface area (Å²) < 4.78 is 0. The van der Waals surface area contributed by atoms with E-state index in [0.29, 0.717) is 11.3 Å². The summed E-state index contributed by atoms with van der Waals surface area (Å²) in [5.41, 5.74) is 1.31. The van der Waals surface area contributed by atoms with Gasteiger partial charge in [0.25, 0.3) is 0 Å². The lowest BCUT2D eigenvalue weighted by Crippen LogP contribution is -2.41. The Kier molecular flexibility index (Phi) is 4.77. The van der Waals surface area contributed by atoms with Crippen LogP contribution < -0.4 is 0 Å². The zero-order valence-electron chi connectivity index (χ0n) is 12.8. The van der Waals surface area contributed by atoms with Crippen molar-refractivity contribution in [3.63, 3.8) is 0 Å². The second-order valence-corrected chi connectivity index (χ2v) is 10.2. The van der Waals surface area contributed by atoms with Gasteiger partial charge in [-0.15, -0.1) is 11.8 Å². The van der Waals surface area contributed by atoms with Crippen LogP contribution in [0.1, 0.15) is 5.56 Å². The number of para-hydroxylation sites is 1. The molecule has 0 radical (unpaired) electrons. The number of thioether (sulfide) groups is 1. The third-order valence-electron chi connectivity index (χ3n) is 4.62. The van der Waals surface area contributed by atoms with Gasteiger partial charge in [-0.05, 0) is 24.7 Å². The molecule has 0 saturated carbocycles. The van der Waals surface area contributed by atoms with Gasteiger partial charge in [-0.1, -0.05) is 12.1 Å². The van der Waals surface area contributed by atoms with Gasteiger partial charge in [0.1, 0.15) is 16.8 Å². The number of rotatable bonds is 6. The Morgan fingerprint density at radius 3 is 3.00 bits per heavy atom. The first-order valence-corrected chi connectivity index (χ1v) is 10.7. The molecule has 2 aliphatic rings. The highest BCUT2D eigenvalue weighted by Crippen LogP contribution is 2.51. The van der Waals surface area contributed by atoms with Gasteiger partial charge in [-0.3, -0.25) is 14.7 Å². The zero-order chi connectivity index (χ0) is 16.6. The molecule has 2 heterocycles. The minimum Gasteiger partial charge on any atom is -0.507 e. The minimum atomic E-state index is -0.821. The summed E-state index contributed by atoms with van der Waals surface area (Å²) in [7, 11) is 1.50. The van der Waals surface area contributed by atoms with Crippen molar-refractivity contribution in [2.45, 2.75) is 16.7 Å². The Bertz CT molecular complexity index is 657. The van der Waals surface area contributed by atoms with Gasteiger partial charge in [0.2, 0.25) is 0 Å². The molecule has 8 heteroatoms. The van der Waals surface area contributed by atoms with Crippen LogP contribution in [0.4, 0.5) is 0 Å². The predicted molar refractivity (Wildman–Crippen MR) is 100 cm³/mol. The quantitative estimate of drug-likeness (QED) is 0.513. The van der Waals surface area contributed by atoms with E-state index in [9.17, 15) is 15.0 Å². The van der Waals surface area contributed by atoms with E-state index in [0.717, 1.165) is 22.9 Å². The van der Waals surface area contributed by atoms with E-state index < -0.39 is 12.0 Å². The van der Waals surface area contributed by atoms with E-state index in [1.807, 2.05) is 30.1 Å². The van der Waals surface area contributed by atoms with E-state index >= 15 is 0 Å². The van der Waals surface area contributed by atoms with Crippen LogP contribution in [-0.2, 0) is 4.79 Å². The number of thiol groups is 1. The van der Waals surface area contributed by atoms with Crippen LogP contribution in [0, 0.1) is 0 Å². The van der Waals surface area contributed by atoms with Gasteiger partial charge in [0, 0.05) is 23.6 Å². The average Bonchev–Trinajstić information content (AvgIpc) is 2.97. The highest BCUT2D eigenvalue weighted by Gasteiger charge is 2.57. The maximum atomic E-state index is 11.2. The van der Waals surface area contributed by atoms with E-state index in [1.54, 1.807) is 17.8 Å². The molecule has 1 saturated heterocycles. The number of aromatic hydroxyl groups is 1. The van der Waals surface area contributed by atoms with E-state index in [-0.39, 0.29) is 20.4 Å². The van der Waals surface area contributed by atoms with Crippen molar-refractivity contribution in [1.29, 1.82) is 0 Å². The highest BCUT2D eigenvalue weighted by atomic mass is 32.2. The SMILES string of the molecule is CN(CC1[SiH2][C@]12CSC(c1ccccc1O)=N2)[C@H](CS)C(=O)O. The molecule has 1 fully saturated rings. The van der Waals surface area contributed by atoms with E-state index in [2.05, 4.69) is 12.6 Å². The fourth-order valence-electron chi connectivity index (χ4n) is 3.05. The molecule has 0 amide bonds. The van der Waals surface area contributed by atoms with Crippen molar-refractivity contribution in [3.05, 3.63) is 29.8 Å². The molecule has 2 N–H and O–H groups in total. The Hall–Kier alpha value is -0.963. The summed E-state index contributed by atoms with van der Waals surface area (Å²) in [6, 6.07) is 6.75. The van der Waals surface area contributed by atoms with Gasteiger partial charge in [0.15, 0.2) is 0 Å². The van der Waals surface area contributed by atoms with Crippen LogP contribution in [0.3, 0.4) is 0 Å². The molecule has 1 unspecified atom stereocenters. The smallest absolute Gasteiger partial charge is 0.321 e. The lowest BCUT2D eigenvalue weighted by Gasteiger charge is -2.23. The van der Waals surface area contributed by atoms with Crippen molar-refractivity contribution in [2.24, 2.45) is 4.99 Å². The van der Waals surface area contributed by atoms with Gasteiger partial charge in [-0.2, -0.15) is 12.6 Å². The number of phenolic OH excluding ortho intramolecular Hbond substituents is 1. The van der Waals surface area contributed by atoms with E-state index in [1.165, 1.54) is 0 Å². The molecule has 1 spiro atoms. The van der Waals surface area contributed by atoms with Gasteiger partial charge in [-0.25, -0.2) is 0 Å². The first-order valence-electron chi connectivity index (χ1n) is 7.52. The summed E-state index contributed by atoms with van der Waals surface area (Å²) in [5.74, 6) is 0.722. The van der Waals surface area contributed by atoms with Crippen LogP contribution in [-0.4, -0.2) is 71.9 Å². The molecule has 3 rings (SSSR count). The van der Waals surface area contributed by atoms with Crippen molar-refractivity contribution < 1.29 is 15.0 Å². The van der Waals surface area contributed by atoms with Crippen molar-refractivity contribution >= 4 is 44.9 Å². The van der Waals surface area contributed by atoms with Crippen LogP contribution in [0.15, 0.2) is 29.3 Å². The molecule has 1 aromatic rings. The number of hydrogen-bond donors (Lipinski definition) is 3. The monoisotopic (exact) mass is 368 g/mol. The lowest BCUT2D eigenvalue weighted by molar-refractivity contribution is -0.141. The second kappa shape index (κ2) is 6.50. The molecule has 0 bridgehead atoms. The number of carboxylic acid groups (broad SMARTS) is 1. The highest BCUT2D eigenvalue weighted by molar-refractivity contribution is 8.14. The minimum absolute atomic E-state index is 0.0518. The Morgan fingerprint density at radius 1 is 1.61 bits per heavy atom. The van der Waals surface area contributed by atoms with Crippen LogP contribution in [0.2, 0.25) is 5.54 Å². The van der Waals surface area contributed by atoms with Gasteiger partial charge < -0.3 is 10.2 Å². The number of carboxylic acids is 1. The van der Waals surface area contributed by atoms with Crippen molar-refractivity contribution in [1.82, 2.24) is 4.90 Å². The number of aliphatic carboxylic acids is 1. The number of aliphatic imine (C=N–C) groups is 1. The first kappa shape index (κ1) is 16.9. The number of phenols is 1. The normalized spacial score (nSPS) is 28.3. The molecule has 1 aromatic carbocycles. The Morgan fingerprint density at radius 2 is 2.35 bits per heavy atom. The van der Waals surface area contributed by atoms with Crippen LogP contribution in [0.25, 0.3) is 0 Å². The maximum absolute atomic E-state index is 11.2. The third-order valence-corrected chi connectivity index (χ3v) is 9.15. The standard InChI is InChI=1S/C15H20N2O3S2Si/c1-17(10(7-21)14(19)20)6-12-15(23-12)8-22-13(16-15)9-4-2-3-5-11(9)18/h2-5,10,12,18,21H,6-8,23H2,1H3,(H,19,20)/t10-,12?,15-/m1/s1. The average molecular weight is 369 g/mol. The topological polar surface area (TPSA) is 73.1 Å². The number of nitrogens with zero attached hydrogens (tertiary/aromatic N) is 2. The molecule has 5 nitrogen and oxygen atoms in total. The second-order valence-electron chi connectivity index (χ2n) is 6.20. The molecule has 0 aromatic heterocycles. The Balaban J connectivity index is 1.68. The van der Waals surface area contributed by atoms with Gasteiger partial charge in [0.05, 0.1) is 14.7 Å². The number of likely N-dealkylation sites (N-methyl/N-ethyl adjacent to an activating group) is 1. The molecule has 124 valence electrons. The van der Waals surface area contributed by atoms with Crippen molar-refractivity contribution in [3.8, 4) is 5.75 Å². The number of carbonyl (C=O) groups is 1.